The third-order valence-electron chi connectivity index (χ3n) is 5.36. The molecule has 1 atom stereocenters. The van der Waals surface area contributed by atoms with Crippen LogP contribution in [0.5, 0.6) is 5.75 Å². The maximum atomic E-state index is 12.6. The van der Waals surface area contributed by atoms with Crippen molar-refractivity contribution in [3.63, 3.8) is 0 Å². The number of benzene rings is 2. The van der Waals surface area contributed by atoms with E-state index in [0.29, 0.717) is 5.69 Å². The van der Waals surface area contributed by atoms with E-state index in [0.717, 1.165) is 60.8 Å². The number of carbonyl (C=O) groups is 1. The fourth-order valence-electron chi connectivity index (χ4n) is 3.75. The van der Waals surface area contributed by atoms with Gasteiger partial charge >= 0.3 is 6.36 Å². The van der Waals surface area contributed by atoms with E-state index in [2.05, 4.69) is 30.1 Å². The summed E-state index contributed by atoms with van der Waals surface area (Å²) in [6.07, 6.45) is -0.454. The normalized spacial score (nSPS) is 14.7. The molecule has 2 aromatic carbocycles. The van der Waals surface area contributed by atoms with Gasteiger partial charge in [-0.15, -0.1) is 23.4 Å². The van der Waals surface area contributed by atoms with Crippen LogP contribution in [0.15, 0.2) is 48.5 Å². The molecule has 0 aliphatic carbocycles. The van der Waals surface area contributed by atoms with Gasteiger partial charge < -0.3 is 19.9 Å². The number of hydrogen-bond acceptors (Lipinski definition) is 5. The maximum absolute atomic E-state index is 12.6. The zero-order valence-corrected chi connectivity index (χ0v) is 18.0. The van der Waals surface area contributed by atoms with Crippen LogP contribution in [0.1, 0.15) is 32.0 Å². The van der Waals surface area contributed by atoms with E-state index < -0.39 is 12.4 Å². The average molecular weight is 459 g/mol. The van der Waals surface area contributed by atoms with Gasteiger partial charge in [-0.3, -0.25) is 4.79 Å². The Morgan fingerprint density at radius 1 is 1.06 bits per heavy atom. The van der Waals surface area contributed by atoms with E-state index in [1.54, 1.807) is 6.92 Å². The molecule has 1 aromatic heterocycles. The summed E-state index contributed by atoms with van der Waals surface area (Å²) >= 11 is 0. The molecule has 3 aromatic rings. The first-order valence-corrected chi connectivity index (χ1v) is 10.7. The van der Waals surface area contributed by atoms with Gasteiger partial charge in [0.2, 0.25) is 5.91 Å². The van der Waals surface area contributed by atoms with Gasteiger partial charge in [0, 0.05) is 29.9 Å². The summed E-state index contributed by atoms with van der Waals surface area (Å²) in [6.45, 7) is 2.59. The molecule has 1 amide bonds. The molecule has 33 heavy (non-hydrogen) atoms. The largest absolute Gasteiger partial charge is 0.573 e. The molecule has 0 saturated carbocycles. The number of amides is 1. The first kappa shape index (κ1) is 22.6. The lowest BCUT2D eigenvalue weighted by Crippen LogP contribution is -2.31. The van der Waals surface area contributed by atoms with Crippen molar-refractivity contribution in [2.75, 3.05) is 10.6 Å². The number of anilines is 2. The molecule has 2 heterocycles. The number of alkyl halides is 3. The van der Waals surface area contributed by atoms with Crippen molar-refractivity contribution in [3.05, 3.63) is 54.4 Å². The highest BCUT2D eigenvalue weighted by molar-refractivity contribution is 5.96. The highest BCUT2D eigenvalue weighted by atomic mass is 19.4. The summed E-state index contributed by atoms with van der Waals surface area (Å²) in [5.74, 6) is 1.13. The van der Waals surface area contributed by atoms with Crippen molar-refractivity contribution in [1.82, 2.24) is 14.8 Å². The molecule has 4 rings (SSSR count). The Morgan fingerprint density at radius 3 is 2.61 bits per heavy atom. The highest BCUT2D eigenvalue weighted by Gasteiger charge is 2.31. The molecule has 0 unspecified atom stereocenters. The second kappa shape index (κ2) is 9.51. The first-order chi connectivity index (χ1) is 15.8. The summed E-state index contributed by atoms with van der Waals surface area (Å²) in [4.78, 5) is 12.6. The van der Waals surface area contributed by atoms with Crippen molar-refractivity contribution >= 4 is 17.3 Å². The first-order valence-electron chi connectivity index (χ1n) is 10.7. The van der Waals surface area contributed by atoms with Gasteiger partial charge in [-0.1, -0.05) is 18.6 Å². The van der Waals surface area contributed by atoms with Gasteiger partial charge in [0.1, 0.15) is 17.6 Å². The maximum Gasteiger partial charge on any atom is 0.573 e. The van der Waals surface area contributed by atoms with E-state index in [-0.39, 0.29) is 11.7 Å². The van der Waals surface area contributed by atoms with Gasteiger partial charge in [-0.05, 0) is 56.2 Å². The molecule has 10 heteroatoms. The zero-order valence-electron chi connectivity index (χ0n) is 18.0. The van der Waals surface area contributed by atoms with Crippen LogP contribution in [0.3, 0.4) is 0 Å². The number of hydrogen-bond donors (Lipinski definition) is 2. The Hall–Kier alpha value is -3.56. The van der Waals surface area contributed by atoms with Gasteiger partial charge in [-0.2, -0.15) is 0 Å². The molecule has 0 bridgehead atoms. The number of rotatable bonds is 6. The Bertz CT molecular complexity index is 1110. The van der Waals surface area contributed by atoms with E-state index in [1.165, 1.54) is 18.6 Å². The van der Waals surface area contributed by atoms with Crippen LogP contribution in [-0.4, -0.2) is 33.1 Å². The van der Waals surface area contributed by atoms with Gasteiger partial charge in [-0.25, -0.2) is 0 Å². The molecule has 2 N–H and O–H groups in total. The molecule has 0 spiro atoms. The topological polar surface area (TPSA) is 81.1 Å². The van der Waals surface area contributed by atoms with Crippen LogP contribution >= 0.6 is 0 Å². The second-order valence-electron chi connectivity index (χ2n) is 7.91. The fourth-order valence-corrected chi connectivity index (χ4v) is 3.75. The highest BCUT2D eigenvalue weighted by Crippen LogP contribution is 2.26. The monoisotopic (exact) mass is 459 g/mol. The molecule has 0 saturated heterocycles. The lowest BCUT2D eigenvalue weighted by atomic mass is 10.1. The SMILES string of the molecule is C[C@H](Nc1cccc(-c2nnc3n2CCCCC3)c1)C(=O)Nc1ccc(OC(F)(F)F)cc1. The van der Waals surface area contributed by atoms with Crippen LogP contribution in [0.25, 0.3) is 11.4 Å². The second-order valence-corrected chi connectivity index (χ2v) is 7.91. The Labute approximate surface area is 189 Å². The standard InChI is InChI=1S/C23H24F3N5O2/c1-15(22(32)28-17-9-11-19(12-10-17)33-23(24,25)26)27-18-7-5-6-16(14-18)21-30-29-20-8-3-2-4-13-31(20)21/h5-7,9-12,14-15,27H,2-4,8,13H2,1H3,(H,28,32)/t15-/m0/s1. The lowest BCUT2D eigenvalue weighted by Gasteiger charge is -2.16. The molecule has 174 valence electrons. The molecular formula is C23H24F3N5O2. The van der Waals surface area contributed by atoms with Gasteiger partial charge in [0.25, 0.3) is 0 Å². The summed E-state index contributed by atoms with van der Waals surface area (Å²) < 4.78 is 42.8. The molecule has 7 nitrogen and oxygen atoms in total. The van der Waals surface area contributed by atoms with E-state index in [9.17, 15) is 18.0 Å². The summed E-state index contributed by atoms with van der Waals surface area (Å²) in [5.41, 5.74) is 2.02. The molecule has 0 fully saturated rings. The van der Waals surface area contributed by atoms with Crippen LogP contribution in [0.4, 0.5) is 24.5 Å². The number of halogens is 3. The Kier molecular flexibility index (Phi) is 6.52. The Balaban J connectivity index is 1.40. The summed E-state index contributed by atoms with van der Waals surface area (Å²) in [5, 5.41) is 14.6. The lowest BCUT2D eigenvalue weighted by molar-refractivity contribution is -0.274. The van der Waals surface area contributed by atoms with Crippen LogP contribution in [-0.2, 0) is 17.8 Å². The minimum absolute atomic E-state index is 0.332. The third-order valence-corrected chi connectivity index (χ3v) is 5.36. The summed E-state index contributed by atoms with van der Waals surface area (Å²) in [7, 11) is 0. The smallest absolute Gasteiger partial charge is 0.406 e. The number of ether oxygens (including phenoxy) is 1. The van der Waals surface area contributed by atoms with Crippen LogP contribution < -0.4 is 15.4 Å². The number of nitrogens with zero attached hydrogens (tertiary/aromatic N) is 3. The average Bonchev–Trinajstić information content (AvgIpc) is 3.02. The predicted molar refractivity (Wildman–Crippen MR) is 118 cm³/mol. The van der Waals surface area contributed by atoms with Crippen molar-refractivity contribution < 1.29 is 22.7 Å². The zero-order chi connectivity index (χ0) is 23.4. The van der Waals surface area contributed by atoms with Gasteiger partial charge in [0.05, 0.1) is 0 Å². The van der Waals surface area contributed by atoms with E-state index in [4.69, 9.17) is 0 Å². The van der Waals surface area contributed by atoms with Gasteiger partial charge in [0.15, 0.2) is 5.82 Å². The van der Waals surface area contributed by atoms with Crippen molar-refractivity contribution in [2.45, 2.75) is 51.6 Å². The number of fused-ring (bicyclic) bond motifs is 1. The number of aromatic nitrogens is 3. The molecule has 0 radical (unpaired) electrons. The minimum atomic E-state index is -4.76. The van der Waals surface area contributed by atoms with E-state index >= 15 is 0 Å². The summed E-state index contributed by atoms with van der Waals surface area (Å²) in [6, 6.07) is 12.0. The van der Waals surface area contributed by atoms with E-state index in [1.807, 2.05) is 24.3 Å². The van der Waals surface area contributed by atoms with Crippen LogP contribution in [0, 0.1) is 0 Å². The fraction of sp³-hybridized carbons (Fsp3) is 0.348. The van der Waals surface area contributed by atoms with Crippen molar-refractivity contribution in [2.24, 2.45) is 0 Å². The predicted octanol–water partition coefficient (Wildman–Crippen LogP) is 5.01. The minimum Gasteiger partial charge on any atom is -0.406 e. The number of aryl methyl sites for hydroxylation is 1. The number of carbonyl (C=O) groups excluding carboxylic acids is 1. The third kappa shape index (κ3) is 5.82. The van der Waals surface area contributed by atoms with Crippen molar-refractivity contribution in [3.8, 4) is 17.1 Å². The quantitative estimate of drug-likeness (QED) is 0.542. The van der Waals surface area contributed by atoms with Crippen molar-refractivity contribution in [1.29, 1.82) is 0 Å². The van der Waals surface area contributed by atoms with Crippen LogP contribution in [0.2, 0.25) is 0 Å². The number of nitrogens with one attached hydrogen (secondary N) is 2. The molecule has 1 aliphatic rings. The molecular weight excluding hydrogens is 435 g/mol. The Morgan fingerprint density at radius 2 is 1.85 bits per heavy atom. The molecule has 1 aliphatic heterocycles.